The predicted molar refractivity (Wildman–Crippen MR) is 88.1 cm³/mol. The van der Waals surface area contributed by atoms with Gasteiger partial charge in [0.25, 0.3) is 5.89 Å². The fourth-order valence-corrected chi connectivity index (χ4v) is 3.29. The van der Waals surface area contributed by atoms with Crippen LogP contribution in [0.5, 0.6) is 0 Å². The summed E-state index contributed by atoms with van der Waals surface area (Å²) in [6.45, 7) is 2.14. The molecule has 4 heteroatoms. The maximum absolute atomic E-state index is 6.02. The standard InChI is InChI=1S/C19H19N3O/c1-13-5-2-6-14(11-13)15-7-3-8-16-17(12-15)23-19(22-16)18-20-9-4-10-21-18/h2,4-6,9-11,15H,3,7-8,12H2,1H3. The zero-order chi connectivity index (χ0) is 15.6. The molecule has 0 radical (unpaired) electrons. The summed E-state index contributed by atoms with van der Waals surface area (Å²) in [7, 11) is 0. The quantitative estimate of drug-likeness (QED) is 0.669. The second kappa shape index (κ2) is 5.95. The van der Waals surface area contributed by atoms with Crippen molar-refractivity contribution in [3.8, 4) is 11.7 Å². The van der Waals surface area contributed by atoms with Crippen molar-refractivity contribution in [2.24, 2.45) is 0 Å². The summed E-state index contributed by atoms with van der Waals surface area (Å²) >= 11 is 0. The Kier molecular flexibility index (Phi) is 3.66. The van der Waals surface area contributed by atoms with E-state index in [0.29, 0.717) is 17.6 Å². The Morgan fingerprint density at radius 2 is 2.00 bits per heavy atom. The molecule has 1 atom stereocenters. The van der Waals surface area contributed by atoms with E-state index in [1.54, 1.807) is 18.5 Å². The van der Waals surface area contributed by atoms with E-state index in [-0.39, 0.29) is 0 Å². The van der Waals surface area contributed by atoms with Gasteiger partial charge < -0.3 is 4.42 Å². The van der Waals surface area contributed by atoms with Crippen LogP contribution in [0, 0.1) is 6.92 Å². The van der Waals surface area contributed by atoms with Gasteiger partial charge in [-0.1, -0.05) is 29.8 Å². The van der Waals surface area contributed by atoms with Crippen LogP contribution < -0.4 is 0 Å². The first-order chi connectivity index (χ1) is 11.3. The molecule has 2 aromatic heterocycles. The molecule has 4 rings (SSSR count). The zero-order valence-electron chi connectivity index (χ0n) is 13.2. The first kappa shape index (κ1) is 14.1. The average Bonchev–Trinajstić information content (AvgIpc) is 2.87. The van der Waals surface area contributed by atoms with E-state index in [9.17, 15) is 0 Å². The highest BCUT2D eigenvalue weighted by atomic mass is 16.4. The van der Waals surface area contributed by atoms with Gasteiger partial charge in [-0.05, 0) is 43.7 Å². The molecule has 0 saturated carbocycles. The van der Waals surface area contributed by atoms with E-state index in [0.717, 1.165) is 30.7 Å². The Morgan fingerprint density at radius 3 is 2.83 bits per heavy atom. The van der Waals surface area contributed by atoms with E-state index in [1.807, 2.05) is 0 Å². The minimum Gasteiger partial charge on any atom is -0.438 e. The lowest BCUT2D eigenvalue weighted by molar-refractivity contribution is 0.485. The Balaban J connectivity index is 1.65. The van der Waals surface area contributed by atoms with Crippen LogP contribution in [0.1, 0.15) is 41.3 Å². The minimum atomic E-state index is 0.494. The van der Waals surface area contributed by atoms with Gasteiger partial charge in [0.1, 0.15) is 5.76 Å². The monoisotopic (exact) mass is 305 g/mol. The van der Waals surface area contributed by atoms with Crippen molar-refractivity contribution in [2.45, 2.75) is 38.5 Å². The molecule has 0 bridgehead atoms. The fourth-order valence-electron chi connectivity index (χ4n) is 3.29. The molecular formula is C19H19N3O. The number of benzene rings is 1. The molecule has 0 N–H and O–H groups in total. The van der Waals surface area contributed by atoms with Crippen molar-refractivity contribution in [1.29, 1.82) is 0 Å². The molecule has 1 unspecified atom stereocenters. The van der Waals surface area contributed by atoms with Crippen LogP contribution in [-0.4, -0.2) is 15.0 Å². The molecule has 4 nitrogen and oxygen atoms in total. The first-order valence-electron chi connectivity index (χ1n) is 8.12. The number of hydrogen-bond donors (Lipinski definition) is 0. The molecule has 3 aromatic rings. The third kappa shape index (κ3) is 2.89. The van der Waals surface area contributed by atoms with E-state index in [1.165, 1.54) is 17.5 Å². The van der Waals surface area contributed by atoms with Gasteiger partial charge in [-0.25, -0.2) is 15.0 Å². The van der Waals surface area contributed by atoms with Crippen LogP contribution in [0.15, 0.2) is 47.1 Å². The molecule has 1 aromatic carbocycles. The number of hydrogen-bond acceptors (Lipinski definition) is 4. The Morgan fingerprint density at radius 1 is 1.13 bits per heavy atom. The van der Waals surface area contributed by atoms with Crippen molar-refractivity contribution >= 4 is 0 Å². The van der Waals surface area contributed by atoms with Gasteiger partial charge in [-0.2, -0.15) is 0 Å². The summed E-state index contributed by atoms with van der Waals surface area (Å²) in [6.07, 6.45) is 7.60. The molecule has 0 aliphatic heterocycles. The average molecular weight is 305 g/mol. The maximum Gasteiger partial charge on any atom is 0.265 e. The fraction of sp³-hybridized carbons (Fsp3) is 0.316. The molecule has 2 heterocycles. The van der Waals surface area contributed by atoms with Crippen molar-refractivity contribution in [3.63, 3.8) is 0 Å². The van der Waals surface area contributed by atoms with Crippen LogP contribution in [0.4, 0.5) is 0 Å². The maximum atomic E-state index is 6.02. The van der Waals surface area contributed by atoms with Crippen molar-refractivity contribution < 1.29 is 4.42 Å². The highest BCUT2D eigenvalue weighted by molar-refractivity contribution is 5.41. The van der Waals surface area contributed by atoms with Crippen molar-refractivity contribution in [1.82, 2.24) is 15.0 Å². The lowest BCUT2D eigenvalue weighted by Gasteiger charge is -2.14. The first-order valence-corrected chi connectivity index (χ1v) is 8.12. The van der Waals surface area contributed by atoms with E-state index < -0.39 is 0 Å². The molecule has 1 aliphatic carbocycles. The lowest BCUT2D eigenvalue weighted by atomic mass is 9.91. The highest BCUT2D eigenvalue weighted by Gasteiger charge is 2.24. The van der Waals surface area contributed by atoms with Gasteiger partial charge in [0.05, 0.1) is 5.69 Å². The van der Waals surface area contributed by atoms with Crippen LogP contribution in [-0.2, 0) is 12.8 Å². The SMILES string of the molecule is Cc1cccc(C2CCCc3nc(-c4ncccn4)oc3C2)c1. The Bertz CT molecular complexity index is 810. The predicted octanol–water partition coefficient (Wildman–Crippen LogP) is 4.10. The normalized spacial score (nSPS) is 17.5. The Labute approximate surface area is 135 Å². The second-order valence-corrected chi connectivity index (χ2v) is 6.17. The van der Waals surface area contributed by atoms with Gasteiger partial charge in [0.2, 0.25) is 5.82 Å². The van der Waals surface area contributed by atoms with Crippen LogP contribution >= 0.6 is 0 Å². The number of aromatic nitrogens is 3. The van der Waals surface area contributed by atoms with Gasteiger partial charge in [0, 0.05) is 18.8 Å². The van der Waals surface area contributed by atoms with Crippen molar-refractivity contribution in [2.75, 3.05) is 0 Å². The third-order valence-electron chi connectivity index (χ3n) is 4.45. The molecule has 116 valence electrons. The minimum absolute atomic E-state index is 0.494. The van der Waals surface area contributed by atoms with Gasteiger partial charge in [-0.3, -0.25) is 0 Å². The summed E-state index contributed by atoms with van der Waals surface area (Å²) < 4.78 is 6.02. The van der Waals surface area contributed by atoms with Crippen molar-refractivity contribution in [3.05, 3.63) is 65.3 Å². The van der Waals surface area contributed by atoms with Crippen LogP contribution in [0.3, 0.4) is 0 Å². The summed E-state index contributed by atoms with van der Waals surface area (Å²) in [6, 6.07) is 10.6. The summed E-state index contributed by atoms with van der Waals surface area (Å²) in [5.74, 6) is 2.60. The highest BCUT2D eigenvalue weighted by Crippen LogP contribution is 2.33. The van der Waals surface area contributed by atoms with E-state index in [4.69, 9.17) is 4.42 Å². The smallest absolute Gasteiger partial charge is 0.265 e. The van der Waals surface area contributed by atoms with Crippen LogP contribution in [0.2, 0.25) is 0 Å². The molecule has 0 amide bonds. The largest absolute Gasteiger partial charge is 0.438 e. The van der Waals surface area contributed by atoms with E-state index in [2.05, 4.69) is 46.1 Å². The number of rotatable bonds is 2. The molecule has 23 heavy (non-hydrogen) atoms. The second-order valence-electron chi connectivity index (χ2n) is 6.17. The molecule has 1 aliphatic rings. The zero-order valence-corrected chi connectivity index (χ0v) is 13.2. The molecule has 0 fully saturated rings. The summed E-state index contributed by atoms with van der Waals surface area (Å²) in [5, 5.41) is 0. The van der Waals surface area contributed by atoms with E-state index >= 15 is 0 Å². The third-order valence-corrected chi connectivity index (χ3v) is 4.45. The van der Waals surface area contributed by atoms with Crippen LogP contribution in [0.25, 0.3) is 11.7 Å². The number of aryl methyl sites for hydroxylation is 2. The number of nitrogens with zero attached hydrogens (tertiary/aromatic N) is 3. The lowest BCUT2D eigenvalue weighted by Crippen LogP contribution is -2.01. The number of fused-ring (bicyclic) bond motifs is 1. The van der Waals surface area contributed by atoms with Gasteiger partial charge >= 0.3 is 0 Å². The molecular weight excluding hydrogens is 286 g/mol. The van der Waals surface area contributed by atoms with Gasteiger partial charge in [0.15, 0.2) is 0 Å². The molecule has 0 spiro atoms. The topological polar surface area (TPSA) is 51.8 Å². The summed E-state index contributed by atoms with van der Waals surface area (Å²) in [4.78, 5) is 13.1. The van der Waals surface area contributed by atoms with Gasteiger partial charge in [-0.15, -0.1) is 0 Å². The summed E-state index contributed by atoms with van der Waals surface area (Å²) in [5.41, 5.74) is 3.78. The number of oxazole rings is 1. The Hall–Kier alpha value is -2.49. The molecule has 0 saturated heterocycles.